The lowest BCUT2D eigenvalue weighted by atomic mass is 9.89. The molecule has 126 valence electrons. The number of methoxy groups -OCH3 is 1. The van der Waals surface area contributed by atoms with Crippen molar-refractivity contribution in [1.29, 1.82) is 0 Å². The Morgan fingerprint density at radius 2 is 2.00 bits per heavy atom. The largest absolute Gasteiger partial charge is 0.496 e. The molecule has 0 saturated heterocycles. The fraction of sp³-hybridized carbons (Fsp3) is 0.350. The molecule has 3 rings (SSSR count). The molecule has 1 atom stereocenters. The second-order valence-corrected chi connectivity index (χ2v) is 6.83. The van der Waals surface area contributed by atoms with Crippen LogP contribution in [0.4, 0.5) is 0 Å². The Balaban J connectivity index is 1.91. The highest BCUT2D eigenvalue weighted by Gasteiger charge is 2.34. The summed E-state index contributed by atoms with van der Waals surface area (Å²) in [6.45, 7) is 6.12. The molecule has 4 nitrogen and oxygen atoms in total. The minimum atomic E-state index is -0.334. The van der Waals surface area contributed by atoms with E-state index < -0.39 is 0 Å². The van der Waals surface area contributed by atoms with E-state index >= 15 is 0 Å². The van der Waals surface area contributed by atoms with Gasteiger partial charge in [0.25, 0.3) is 5.91 Å². The van der Waals surface area contributed by atoms with Gasteiger partial charge in [0.1, 0.15) is 17.1 Å². The number of fused-ring (bicyclic) bond motifs is 1. The van der Waals surface area contributed by atoms with Gasteiger partial charge in [-0.05, 0) is 44.5 Å². The van der Waals surface area contributed by atoms with Crippen molar-refractivity contribution in [3.05, 3.63) is 59.2 Å². The van der Waals surface area contributed by atoms with Crippen LogP contribution < -0.4 is 14.8 Å². The Hall–Kier alpha value is -2.49. The van der Waals surface area contributed by atoms with E-state index in [4.69, 9.17) is 9.47 Å². The number of hydrogen-bond acceptors (Lipinski definition) is 3. The number of amides is 1. The molecule has 4 heteroatoms. The molecule has 1 aliphatic heterocycles. The molecule has 1 amide bonds. The van der Waals surface area contributed by atoms with E-state index in [2.05, 4.69) is 5.32 Å². The second kappa shape index (κ2) is 6.19. The Labute approximate surface area is 142 Å². The van der Waals surface area contributed by atoms with Crippen molar-refractivity contribution in [2.75, 3.05) is 7.11 Å². The van der Waals surface area contributed by atoms with Gasteiger partial charge in [-0.3, -0.25) is 4.79 Å². The van der Waals surface area contributed by atoms with Crippen molar-refractivity contribution in [2.45, 2.75) is 38.8 Å². The minimum Gasteiger partial charge on any atom is -0.496 e. The van der Waals surface area contributed by atoms with Gasteiger partial charge in [-0.15, -0.1) is 0 Å². The zero-order valence-electron chi connectivity index (χ0n) is 14.6. The van der Waals surface area contributed by atoms with E-state index in [9.17, 15) is 4.79 Å². The van der Waals surface area contributed by atoms with Gasteiger partial charge in [-0.2, -0.15) is 0 Å². The van der Waals surface area contributed by atoms with E-state index in [0.717, 1.165) is 16.9 Å². The minimum absolute atomic E-state index is 0.0956. The fourth-order valence-electron chi connectivity index (χ4n) is 3.16. The molecule has 1 heterocycles. The molecule has 2 aromatic rings. The number of carbonyl (C=O) groups excluding carboxylic acids is 1. The molecule has 0 spiro atoms. The van der Waals surface area contributed by atoms with Crippen LogP contribution in [0.2, 0.25) is 0 Å². The number of para-hydroxylation sites is 1. The highest BCUT2D eigenvalue weighted by Crippen LogP contribution is 2.40. The third-order valence-corrected chi connectivity index (χ3v) is 4.28. The molecular formula is C20H23NO3. The van der Waals surface area contributed by atoms with Gasteiger partial charge < -0.3 is 14.8 Å². The second-order valence-electron chi connectivity index (χ2n) is 6.83. The first-order chi connectivity index (χ1) is 11.4. The monoisotopic (exact) mass is 325 g/mol. The van der Waals surface area contributed by atoms with Crippen LogP contribution in [0.15, 0.2) is 42.5 Å². The van der Waals surface area contributed by atoms with Crippen molar-refractivity contribution in [3.8, 4) is 11.5 Å². The standard InChI is InChI=1S/C20H23NO3/c1-13-9-10-14-16(12-20(2,3)24-18(14)11-13)21-19(22)15-7-5-6-8-17(15)23-4/h5-11,16H,12H2,1-4H3,(H,21,22)/t16-/m1/s1. The predicted octanol–water partition coefficient (Wildman–Crippen LogP) is 4.04. The summed E-state index contributed by atoms with van der Waals surface area (Å²) in [5.74, 6) is 1.28. The molecule has 1 N–H and O–H groups in total. The molecule has 0 fully saturated rings. The molecule has 24 heavy (non-hydrogen) atoms. The van der Waals surface area contributed by atoms with Gasteiger partial charge in [0.2, 0.25) is 0 Å². The highest BCUT2D eigenvalue weighted by molar-refractivity contribution is 5.97. The smallest absolute Gasteiger partial charge is 0.255 e. The molecule has 1 aliphatic rings. The summed E-state index contributed by atoms with van der Waals surface area (Å²) in [5, 5.41) is 3.14. The lowest BCUT2D eigenvalue weighted by Gasteiger charge is -2.38. The van der Waals surface area contributed by atoms with Crippen LogP contribution in [0.1, 0.15) is 47.8 Å². The quantitative estimate of drug-likeness (QED) is 0.926. The summed E-state index contributed by atoms with van der Waals surface area (Å²) >= 11 is 0. The summed E-state index contributed by atoms with van der Waals surface area (Å²) in [6.07, 6.45) is 0.712. The number of benzene rings is 2. The van der Waals surface area contributed by atoms with Crippen LogP contribution in [0.25, 0.3) is 0 Å². The fourth-order valence-corrected chi connectivity index (χ4v) is 3.16. The lowest BCUT2D eigenvalue weighted by molar-refractivity contribution is 0.0618. The third kappa shape index (κ3) is 3.23. The summed E-state index contributed by atoms with van der Waals surface area (Å²) in [4.78, 5) is 12.7. The maximum Gasteiger partial charge on any atom is 0.255 e. The predicted molar refractivity (Wildman–Crippen MR) is 93.7 cm³/mol. The average Bonchev–Trinajstić information content (AvgIpc) is 2.53. The summed E-state index contributed by atoms with van der Waals surface area (Å²) in [7, 11) is 1.57. The lowest BCUT2D eigenvalue weighted by Crippen LogP contribution is -2.41. The van der Waals surface area contributed by atoms with Crippen molar-refractivity contribution < 1.29 is 14.3 Å². The van der Waals surface area contributed by atoms with Crippen LogP contribution >= 0.6 is 0 Å². The van der Waals surface area contributed by atoms with Gasteiger partial charge >= 0.3 is 0 Å². The first-order valence-corrected chi connectivity index (χ1v) is 8.13. The van der Waals surface area contributed by atoms with Crippen molar-refractivity contribution >= 4 is 5.91 Å². The zero-order valence-corrected chi connectivity index (χ0v) is 14.6. The first-order valence-electron chi connectivity index (χ1n) is 8.13. The number of rotatable bonds is 3. The number of carbonyl (C=O) groups is 1. The topological polar surface area (TPSA) is 47.6 Å². The molecule has 0 saturated carbocycles. The molecule has 0 unspecified atom stereocenters. The van der Waals surface area contributed by atoms with Crippen LogP contribution in [0, 0.1) is 6.92 Å². The van der Waals surface area contributed by atoms with Gasteiger partial charge in [0.15, 0.2) is 0 Å². The van der Waals surface area contributed by atoms with Crippen LogP contribution in [-0.2, 0) is 0 Å². The average molecular weight is 325 g/mol. The van der Waals surface area contributed by atoms with E-state index in [1.54, 1.807) is 19.2 Å². The van der Waals surface area contributed by atoms with Crippen LogP contribution in [-0.4, -0.2) is 18.6 Å². The van der Waals surface area contributed by atoms with E-state index in [-0.39, 0.29) is 17.6 Å². The number of aryl methyl sites for hydroxylation is 1. The maximum absolute atomic E-state index is 12.7. The Kier molecular flexibility index (Phi) is 4.22. The van der Waals surface area contributed by atoms with Crippen molar-refractivity contribution in [3.63, 3.8) is 0 Å². The van der Waals surface area contributed by atoms with Gasteiger partial charge in [0, 0.05) is 12.0 Å². The van der Waals surface area contributed by atoms with Crippen LogP contribution in [0.3, 0.4) is 0 Å². The van der Waals surface area contributed by atoms with Gasteiger partial charge in [-0.1, -0.05) is 24.3 Å². The SMILES string of the molecule is COc1ccccc1C(=O)N[C@@H]1CC(C)(C)Oc2cc(C)ccc21. The van der Waals surface area contributed by atoms with Gasteiger partial charge in [-0.25, -0.2) is 0 Å². The Bertz CT molecular complexity index is 767. The summed E-state index contributed by atoms with van der Waals surface area (Å²) in [5.41, 5.74) is 2.36. The number of hydrogen-bond donors (Lipinski definition) is 1. The van der Waals surface area contributed by atoms with E-state index in [1.807, 2.05) is 51.1 Å². The molecule has 2 aromatic carbocycles. The van der Waals surface area contributed by atoms with Gasteiger partial charge in [0.05, 0.1) is 18.7 Å². The Morgan fingerprint density at radius 3 is 2.75 bits per heavy atom. The van der Waals surface area contributed by atoms with Crippen molar-refractivity contribution in [2.24, 2.45) is 0 Å². The highest BCUT2D eigenvalue weighted by atomic mass is 16.5. The summed E-state index contributed by atoms with van der Waals surface area (Å²) in [6, 6.07) is 13.3. The van der Waals surface area contributed by atoms with Crippen molar-refractivity contribution in [1.82, 2.24) is 5.32 Å². The molecule has 0 radical (unpaired) electrons. The summed E-state index contributed by atoms with van der Waals surface area (Å²) < 4.78 is 11.4. The first kappa shape index (κ1) is 16.4. The number of ether oxygens (including phenoxy) is 2. The maximum atomic E-state index is 12.7. The normalized spacial score (nSPS) is 18.2. The molecule has 0 aromatic heterocycles. The molecular weight excluding hydrogens is 302 g/mol. The van der Waals surface area contributed by atoms with E-state index in [0.29, 0.717) is 17.7 Å². The Morgan fingerprint density at radius 1 is 1.25 bits per heavy atom. The molecule has 0 bridgehead atoms. The van der Waals surface area contributed by atoms with Crippen LogP contribution in [0.5, 0.6) is 11.5 Å². The zero-order chi connectivity index (χ0) is 17.3. The number of nitrogens with one attached hydrogen (secondary N) is 1. The van der Waals surface area contributed by atoms with E-state index in [1.165, 1.54) is 0 Å². The molecule has 0 aliphatic carbocycles. The third-order valence-electron chi connectivity index (χ3n) is 4.28.